The molecule has 0 unspecified atom stereocenters. The molecule has 0 radical (unpaired) electrons. The van der Waals surface area contributed by atoms with Crippen LogP contribution >= 0.6 is 12.4 Å². The monoisotopic (exact) mass is 196 g/mol. The summed E-state index contributed by atoms with van der Waals surface area (Å²) in [6.07, 6.45) is -1.12. The summed E-state index contributed by atoms with van der Waals surface area (Å²) >= 11 is 0. The van der Waals surface area contributed by atoms with Gasteiger partial charge in [-0.05, 0) is 5.92 Å². The number of hydrogen-bond acceptors (Lipinski definition) is 4. The molecule has 6 heteroatoms. The topological polar surface area (TPSA) is 95.4 Å². The van der Waals surface area contributed by atoms with Gasteiger partial charge in [0, 0.05) is 0 Å². The molecule has 12 heavy (non-hydrogen) atoms. The number of carbonyl (C=O) groups is 2. The van der Waals surface area contributed by atoms with Crippen molar-refractivity contribution in [1.82, 2.24) is 0 Å². The average molecular weight is 197 g/mol. The first-order valence-electron chi connectivity index (χ1n) is 3.22. The van der Waals surface area contributed by atoms with Crippen LogP contribution in [0.5, 0.6) is 0 Å². The Morgan fingerprint density at radius 2 is 1.75 bits per heavy atom. The highest BCUT2D eigenvalue weighted by molar-refractivity contribution is 5.86. The number of esters is 1. The molecule has 0 saturated heterocycles. The van der Waals surface area contributed by atoms with Crippen molar-refractivity contribution in [3.05, 3.63) is 0 Å². The van der Waals surface area contributed by atoms with Crippen molar-refractivity contribution in [3.63, 3.8) is 0 Å². The molecule has 0 bridgehead atoms. The molecule has 0 heterocycles. The minimum atomic E-state index is -1.12. The largest absolute Gasteiger partial charge is 0.412 e. The van der Waals surface area contributed by atoms with Crippen LogP contribution in [0.2, 0.25) is 0 Å². The molecule has 4 N–H and O–H groups in total. The van der Waals surface area contributed by atoms with Gasteiger partial charge in [-0.3, -0.25) is 0 Å². The van der Waals surface area contributed by atoms with Crippen molar-refractivity contribution in [2.24, 2.45) is 17.4 Å². The van der Waals surface area contributed by atoms with E-state index in [0.29, 0.717) is 0 Å². The van der Waals surface area contributed by atoms with Gasteiger partial charge in [-0.15, -0.1) is 12.4 Å². The van der Waals surface area contributed by atoms with Gasteiger partial charge in [0.1, 0.15) is 6.04 Å². The quantitative estimate of drug-likeness (QED) is 0.481. The molecule has 5 nitrogen and oxygen atoms in total. The average Bonchev–Trinajstić information content (AvgIpc) is 1.84. The van der Waals surface area contributed by atoms with Crippen molar-refractivity contribution < 1.29 is 14.3 Å². The maximum atomic E-state index is 10.7. The molecule has 0 fully saturated rings. The highest BCUT2D eigenvalue weighted by Gasteiger charge is 2.20. The SMILES string of the molecule is CC(C)[C@H](N)C(=O)OC(N)=O.Cl. The fourth-order valence-electron chi connectivity index (χ4n) is 0.439. The lowest BCUT2D eigenvalue weighted by Crippen LogP contribution is -2.39. The van der Waals surface area contributed by atoms with Gasteiger partial charge in [0.25, 0.3) is 0 Å². The maximum absolute atomic E-state index is 10.7. The number of halogens is 1. The van der Waals surface area contributed by atoms with Crippen LogP contribution in [-0.2, 0) is 9.53 Å². The Morgan fingerprint density at radius 1 is 1.33 bits per heavy atom. The fraction of sp³-hybridized carbons (Fsp3) is 0.667. The lowest BCUT2D eigenvalue weighted by molar-refractivity contribution is -0.139. The van der Waals surface area contributed by atoms with Crippen LogP contribution in [0.25, 0.3) is 0 Å². The molecule has 0 aromatic carbocycles. The molecule has 0 aromatic rings. The molecule has 0 aliphatic rings. The van der Waals surface area contributed by atoms with E-state index < -0.39 is 18.1 Å². The van der Waals surface area contributed by atoms with Gasteiger partial charge in [0.05, 0.1) is 0 Å². The number of carbonyl (C=O) groups excluding carboxylic acids is 2. The molecular formula is C6H13ClN2O3. The van der Waals surface area contributed by atoms with Crippen molar-refractivity contribution in [3.8, 4) is 0 Å². The van der Waals surface area contributed by atoms with Crippen LogP contribution in [0.1, 0.15) is 13.8 Å². The fourth-order valence-corrected chi connectivity index (χ4v) is 0.439. The number of amides is 1. The molecule has 0 aliphatic carbocycles. The Kier molecular flexibility index (Phi) is 6.64. The lowest BCUT2D eigenvalue weighted by atomic mass is 10.1. The second-order valence-electron chi connectivity index (χ2n) is 2.51. The van der Waals surface area contributed by atoms with E-state index in [1.807, 2.05) is 0 Å². The highest BCUT2D eigenvalue weighted by Crippen LogP contribution is 1.99. The first-order chi connectivity index (χ1) is 4.95. The van der Waals surface area contributed by atoms with Gasteiger partial charge in [-0.2, -0.15) is 0 Å². The van der Waals surface area contributed by atoms with E-state index in [0.717, 1.165) is 0 Å². The lowest BCUT2D eigenvalue weighted by Gasteiger charge is -2.11. The van der Waals surface area contributed by atoms with Crippen LogP contribution in [-0.4, -0.2) is 18.1 Å². The van der Waals surface area contributed by atoms with Gasteiger partial charge in [-0.1, -0.05) is 13.8 Å². The molecule has 0 rings (SSSR count). The van der Waals surface area contributed by atoms with E-state index in [2.05, 4.69) is 10.5 Å². The Morgan fingerprint density at radius 3 is 2.00 bits per heavy atom. The summed E-state index contributed by atoms with van der Waals surface area (Å²) < 4.78 is 4.05. The van der Waals surface area contributed by atoms with Gasteiger partial charge in [0.15, 0.2) is 0 Å². The second-order valence-corrected chi connectivity index (χ2v) is 2.51. The first-order valence-corrected chi connectivity index (χ1v) is 3.22. The molecular weight excluding hydrogens is 184 g/mol. The predicted molar refractivity (Wildman–Crippen MR) is 45.7 cm³/mol. The summed E-state index contributed by atoms with van der Waals surface area (Å²) in [7, 11) is 0. The summed E-state index contributed by atoms with van der Waals surface area (Å²) in [5.41, 5.74) is 9.92. The first kappa shape index (κ1) is 13.8. The predicted octanol–water partition coefficient (Wildman–Crippen LogP) is 0.0134. The Hall–Kier alpha value is -0.810. The summed E-state index contributed by atoms with van der Waals surface area (Å²) in [5, 5.41) is 0. The Balaban J connectivity index is 0. The number of primary amides is 1. The zero-order chi connectivity index (χ0) is 9.02. The van der Waals surface area contributed by atoms with E-state index in [-0.39, 0.29) is 18.3 Å². The zero-order valence-electron chi connectivity index (χ0n) is 6.94. The summed E-state index contributed by atoms with van der Waals surface area (Å²) in [6, 6.07) is -0.789. The van der Waals surface area contributed by atoms with E-state index in [1.165, 1.54) is 0 Å². The third-order valence-electron chi connectivity index (χ3n) is 1.19. The number of nitrogens with two attached hydrogens (primary N) is 2. The third kappa shape index (κ3) is 4.92. The minimum absolute atomic E-state index is 0. The van der Waals surface area contributed by atoms with Crippen LogP contribution < -0.4 is 11.5 Å². The summed E-state index contributed by atoms with van der Waals surface area (Å²) in [4.78, 5) is 20.8. The molecule has 1 amide bonds. The highest BCUT2D eigenvalue weighted by atomic mass is 35.5. The molecule has 1 atom stereocenters. The van der Waals surface area contributed by atoms with Gasteiger partial charge in [-0.25, -0.2) is 9.59 Å². The van der Waals surface area contributed by atoms with Crippen LogP contribution in [0, 0.1) is 5.92 Å². The maximum Gasteiger partial charge on any atom is 0.412 e. The minimum Gasteiger partial charge on any atom is -0.375 e. The summed E-state index contributed by atoms with van der Waals surface area (Å²) in [6.45, 7) is 3.49. The number of rotatable bonds is 2. The van der Waals surface area contributed by atoms with Crippen molar-refractivity contribution in [1.29, 1.82) is 0 Å². The van der Waals surface area contributed by atoms with Gasteiger partial charge >= 0.3 is 12.1 Å². The standard InChI is InChI=1S/C6H12N2O3.ClH/c1-3(2)4(7)5(9)11-6(8)10;/h3-4H,7H2,1-2H3,(H2,8,10);1H/t4-;/m0./s1. The Bertz CT molecular complexity index is 172. The second kappa shape index (κ2) is 5.79. The van der Waals surface area contributed by atoms with Gasteiger partial charge < -0.3 is 16.2 Å². The molecule has 72 valence electrons. The van der Waals surface area contributed by atoms with E-state index in [9.17, 15) is 9.59 Å². The third-order valence-corrected chi connectivity index (χ3v) is 1.19. The van der Waals surface area contributed by atoms with Crippen molar-refractivity contribution in [2.45, 2.75) is 19.9 Å². The van der Waals surface area contributed by atoms with Gasteiger partial charge in [0.2, 0.25) is 0 Å². The normalized spacial score (nSPS) is 11.7. The van der Waals surface area contributed by atoms with Crippen molar-refractivity contribution in [2.75, 3.05) is 0 Å². The smallest absolute Gasteiger partial charge is 0.375 e. The number of ether oxygens (including phenoxy) is 1. The Labute approximate surface area is 76.8 Å². The zero-order valence-corrected chi connectivity index (χ0v) is 7.76. The molecule has 0 aliphatic heterocycles. The van der Waals surface area contributed by atoms with E-state index >= 15 is 0 Å². The molecule has 0 spiro atoms. The van der Waals surface area contributed by atoms with Crippen LogP contribution in [0.4, 0.5) is 4.79 Å². The van der Waals surface area contributed by atoms with Crippen LogP contribution in [0.3, 0.4) is 0 Å². The molecule has 0 aromatic heterocycles. The van der Waals surface area contributed by atoms with E-state index in [4.69, 9.17) is 5.73 Å². The molecule has 0 saturated carbocycles. The van der Waals surface area contributed by atoms with Crippen LogP contribution in [0.15, 0.2) is 0 Å². The van der Waals surface area contributed by atoms with Crippen molar-refractivity contribution >= 4 is 24.5 Å². The summed E-state index contributed by atoms with van der Waals surface area (Å²) in [5.74, 6) is -0.852. The number of hydrogen-bond donors (Lipinski definition) is 2. The van der Waals surface area contributed by atoms with E-state index in [1.54, 1.807) is 13.8 Å².